The third-order valence-corrected chi connectivity index (χ3v) is 2.98. The van der Waals surface area contributed by atoms with E-state index in [1.807, 2.05) is 6.92 Å². The zero-order chi connectivity index (χ0) is 14.3. The van der Waals surface area contributed by atoms with Crippen LogP contribution in [0.2, 0.25) is 0 Å². The number of hydrogen-bond acceptors (Lipinski definition) is 1. The summed E-state index contributed by atoms with van der Waals surface area (Å²) in [7, 11) is 0. The number of benzene rings is 1. The molecule has 1 aromatic carbocycles. The quantitative estimate of drug-likeness (QED) is 0.601. The monoisotopic (exact) mass is 274 g/mol. The minimum Gasteiger partial charge on any atom is -0.490 e. The summed E-state index contributed by atoms with van der Waals surface area (Å²) in [4.78, 5) is 0. The van der Waals surface area contributed by atoms with E-state index in [0.717, 1.165) is 38.2 Å². The predicted octanol–water partition coefficient (Wildman–Crippen LogP) is 5.44. The number of halogens is 3. The van der Waals surface area contributed by atoms with Gasteiger partial charge >= 0.3 is 6.18 Å². The lowest BCUT2D eigenvalue weighted by molar-refractivity contribution is -0.139. The maximum atomic E-state index is 12.8. The lowest BCUT2D eigenvalue weighted by atomic mass is 10.1. The van der Waals surface area contributed by atoms with Gasteiger partial charge in [0.05, 0.1) is 11.7 Å². The van der Waals surface area contributed by atoms with Crippen molar-refractivity contribution in [2.75, 3.05) is 0 Å². The van der Waals surface area contributed by atoms with Crippen molar-refractivity contribution in [1.29, 1.82) is 0 Å². The van der Waals surface area contributed by atoms with Crippen molar-refractivity contribution in [2.24, 2.45) is 0 Å². The molecule has 1 rings (SSSR count). The molecule has 19 heavy (non-hydrogen) atoms. The maximum Gasteiger partial charge on any atom is 0.419 e. The van der Waals surface area contributed by atoms with Crippen molar-refractivity contribution < 1.29 is 17.9 Å². The standard InChI is InChI=1S/C15H21F3O/c1-3-4-5-6-9-12(2)19-14-11-8-7-10-13(14)15(16,17)18/h7-8,10-12H,3-6,9H2,1-2H3. The Morgan fingerprint density at radius 1 is 1.11 bits per heavy atom. The zero-order valence-corrected chi connectivity index (χ0v) is 11.5. The van der Waals surface area contributed by atoms with Crippen molar-refractivity contribution in [3.8, 4) is 5.75 Å². The number of ether oxygens (including phenoxy) is 1. The maximum absolute atomic E-state index is 12.8. The molecule has 0 amide bonds. The molecule has 0 spiro atoms. The molecule has 0 bridgehead atoms. The average Bonchev–Trinajstić information content (AvgIpc) is 2.34. The Hall–Kier alpha value is -1.19. The smallest absolute Gasteiger partial charge is 0.419 e. The average molecular weight is 274 g/mol. The highest BCUT2D eigenvalue weighted by Crippen LogP contribution is 2.36. The molecular formula is C15H21F3O. The summed E-state index contributed by atoms with van der Waals surface area (Å²) in [6.45, 7) is 3.94. The second-order valence-corrected chi connectivity index (χ2v) is 4.77. The summed E-state index contributed by atoms with van der Waals surface area (Å²) < 4.78 is 43.7. The van der Waals surface area contributed by atoms with Gasteiger partial charge in [0.1, 0.15) is 5.75 Å². The first-order valence-electron chi connectivity index (χ1n) is 6.78. The highest BCUT2D eigenvalue weighted by Gasteiger charge is 2.34. The fraction of sp³-hybridized carbons (Fsp3) is 0.600. The third-order valence-electron chi connectivity index (χ3n) is 2.98. The number of rotatable bonds is 7. The van der Waals surface area contributed by atoms with Gasteiger partial charge in [-0.15, -0.1) is 0 Å². The van der Waals surface area contributed by atoms with Gasteiger partial charge in [-0.3, -0.25) is 0 Å². The topological polar surface area (TPSA) is 9.23 Å². The normalized spacial score (nSPS) is 13.3. The van der Waals surface area contributed by atoms with Crippen LogP contribution in [0.15, 0.2) is 24.3 Å². The van der Waals surface area contributed by atoms with Gasteiger partial charge in [0.25, 0.3) is 0 Å². The van der Waals surface area contributed by atoms with Crippen LogP contribution in [0.4, 0.5) is 13.2 Å². The van der Waals surface area contributed by atoms with Crippen LogP contribution in [0.5, 0.6) is 5.75 Å². The minimum atomic E-state index is -4.36. The number of hydrogen-bond donors (Lipinski definition) is 0. The molecule has 0 aliphatic rings. The molecular weight excluding hydrogens is 253 g/mol. The molecule has 1 nitrogen and oxygen atoms in total. The van der Waals surface area contributed by atoms with Gasteiger partial charge in [-0.2, -0.15) is 13.2 Å². The van der Waals surface area contributed by atoms with Crippen LogP contribution < -0.4 is 4.74 Å². The molecule has 0 saturated heterocycles. The Morgan fingerprint density at radius 3 is 2.42 bits per heavy atom. The van der Waals surface area contributed by atoms with E-state index in [2.05, 4.69) is 6.92 Å². The SMILES string of the molecule is CCCCCCC(C)Oc1ccccc1C(F)(F)F. The Morgan fingerprint density at radius 2 is 1.79 bits per heavy atom. The summed E-state index contributed by atoms with van der Waals surface area (Å²) >= 11 is 0. The van der Waals surface area contributed by atoms with Gasteiger partial charge in [-0.1, -0.05) is 38.3 Å². The first-order valence-corrected chi connectivity index (χ1v) is 6.78. The van der Waals surface area contributed by atoms with Crippen molar-refractivity contribution in [2.45, 2.75) is 58.2 Å². The summed E-state index contributed by atoms with van der Waals surface area (Å²) in [5.74, 6) is -0.0713. The molecule has 0 heterocycles. The fourth-order valence-corrected chi connectivity index (χ4v) is 1.94. The van der Waals surface area contributed by atoms with E-state index in [4.69, 9.17) is 4.74 Å². The molecule has 1 aromatic rings. The molecule has 0 aliphatic carbocycles. The lowest BCUT2D eigenvalue weighted by Gasteiger charge is -2.18. The number of para-hydroxylation sites is 1. The fourth-order valence-electron chi connectivity index (χ4n) is 1.94. The molecule has 4 heteroatoms. The van der Waals surface area contributed by atoms with Crippen molar-refractivity contribution in [3.05, 3.63) is 29.8 Å². The molecule has 0 aromatic heterocycles. The van der Waals surface area contributed by atoms with Crippen LogP contribution in [0.25, 0.3) is 0 Å². The third kappa shape index (κ3) is 5.53. The van der Waals surface area contributed by atoms with Gasteiger partial charge in [0.15, 0.2) is 0 Å². The van der Waals surface area contributed by atoms with E-state index >= 15 is 0 Å². The Labute approximate surface area is 112 Å². The van der Waals surface area contributed by atoms with E-state index < -0.39 is 11.7 Å². The summed E-state index contributed by atoms with van der Waals surface area (Å²) in [5.41, 5.74) is -0.699. The van der Waals surface area contributed by atoms with E-state index in [0.29, 0.717) is 0 Å². The summed E-state index contributed by atoms with van der Waals surface area (Å²) in [5, 5.41) is 0. The van der Waals surface area contributed by atoms with Crippen LogP contribution in [0.3, 0.4) is 0 Å². The van der Waals surface area contributed by atoms with Crippen molar-refractivity contribution in [1.82, 2.24) is 0 Å². The van der Waals surface area contributed by atoms with Crippen LogP contribution in [0.1, 0.15) is 51.5 Å². The first-order chi connectivity index (χ1) is 8.95. The minimum absolute atomic E-state index is 0.0713. The van der Waals surface area contributed by atoms with Gasteiger partial charge in [-0.25, -0.2) is 0 Å². The second kappa shape index (κ2) is 7.41. The van der Waals surface area contributed by atoms with Crippen LogP contribution in [-0.2, 0) is 6.18 Å². The number of alkyl halides is 3. The Bertz CT molecular complexity index is 374. The zero-order valence-electron chi connectivity index (χ0n) is 11.5. The molecule has 0 N–H and O–H groups in total. The van der Waals surface area contributed by atoms with Crippen LogP contribution in [-0.4, -0.2) is 6.10 Å². The molecule has 0 fully saturated rings. The van der Waals surface area contributed by atoms with E-state index in [9.17, 15) is 13.2 Å². The molecule has 108 valence electrons. The van der Waals surface area contributed by atoms with E-state index in [1.54, 1.807) is 6.07 Å². The van der Waals surface area contributed by atoms with E-state index in [1.165, 1.54) is 12.1 Å². The van der Waals surface area contributed by atoms with E-state index in [-0.39, 0.29) is 11.9 Å². The highest BCUT2D eigenvalue weighted by atomic mass is 19.4. The van der Waals surface area contributed by atoms with Gasteiger partial charge < -0.3 is 4.74 Å². The Balaban J connectivity index is 2.57. The highest BCUT2D eigenvalue weighted by molar-refractivity contribution is 5.35. The van der Waals surface area contributed by atoms with Gasteiger partial charge in [0, 0.05) is 0 Å². The van der Waals surface area contributed by atoms with Crippen molar-refractivity contribution >= 4 is 0 Å². The molecule has 0 aliphatic heterocycles. The van der Waals surface area contributed by atoms with Crippen molar-refractivity contribution in [3.63, 3.8) is 0 Å². The molecule has 1 unspecified atom stereocenters. The van der Waals surface area contributed by atoms with Crippen LogP contribution >= 0.6 is 0 Å². The lowest BCUT2D eigenvalue weighted by Crippen LogP contribution is -2.15. The summed E-state index contributed by atoms with van der Waals surface area (Å²) in [6, 6.07) is 5.38. The second-order valence-electron chi connectivity index (χ2n) is 4.77. The molecule has 1 atom stereocenters. The largest absolute Gasteiger partial charge is 0.490 e. The number of unbranched alkanes of at least 4 members (excludes halogenated alkanes) is 3. The van der Waals surface area contributed by atoms with Gasteiger partial charge in [-0.05, 0) is 31.9 Å². The Kier molecular flexibility index (Phi) is 6.19. The van der Waals surface area contributed by atoms with Crippen LogP contribution in [0, 0.1) is 0 Å². The predicted molar refractivity (Wildman–Crippen MR) is 70.3 cm³/mol. The molecule has 0 saturated carbocycles. The van der Waals surface area contributed by atoms with Gasteiger partial charge in [0.2, 0.25) is 0 Å². The first kappa shape index (κ1) is 15.9. The summed E-state index contributed by atoms with van der Waals surface area (Å²) in [6.07, 6.45) is 0.622. The molecule has 0 radical (unpaired) electrons.